The average molecular weight is 405 g/mol. The van der Waals surface area contributed by atoms with E-state index in [1.165, 1.54) is 83.5 Å². The van der Waals surface area contributed by atoms with E-state index in [0.29, 0.717) is 18.5 Å². The van der Waals surface area contributed by atoms with Gasteiger partial charge >= 0.3 is 172 Å². The molecule has 3 heteroatoms. The summed E-state index contributed by atoms with van der Waals surface area (Å²) in [5, 5.41) is 0. The van der Waals surface area contributed by atoms with Crippen LogP contribution in [-0.2, 0) is 0 Å². The van der Waals surface area contributed by atoms with Crippen LogP contribution >= 0.6 is 7.06 Å². The maximum absolute atomic E-state index is 11.3. The molecule has 2 nitrogen and oxygen atoms in total. The molecule has 0 fully saturated rings. The van der Waals surface area contributed by atoms with Crippen molar-refractivity contribution in [3.63, 3.8) is 0 Å². The van der Waals surface area contributed by atoms with Crippen LogP contribution in [0.15, 0.2) is 0 Å². The van der Waals surface area contributed by atoms with Crippen LogP contribution in [0.5, 0.6) is 0 Å². The zero-order chi connectivity index (χ0) is 20.3. The van der Waals surface area contributed by atoms with Crippen LogP contribution in [0.2, 0.25) is 0 Å². The summed E-state index contributed by atoms with van der Waals surface area (Å²) in [7, 11) is -3.42. The standard InChI is InChI=1S/C24H53O2P/c1-4-7-10-13-14-15-16-17-18-21-24-27(25,26,22-19-11-8-5-2)23-20-12-9-6-3/h25-26H,4-24H2,1-3H3. The van der Waals surface area contributed by atoms with E-state index in [4.69, 9.17) is 0 Å². The first-order valence-electron chi connectivity index (χ1n) is 12.5. The van der Waals surface area contributed by atoms with Crippen LogP contribution < -0.4 is 0 Å². The molecule has 0 aliphatic heterocycles. The Kier molecular flexibility index (Phi) is 17.5. The second kappa shape index (κ2) is 17.2. The molecule has 0 atom stereocenters. The average Bonchev–Trinajstić information content (AvgIpc) is 2.64. The van der Waals surface area contributed by atoms with Crippen molar-refractivity contribution in [3.05, 3.63) is 0 Å². The molecule has 0 heterocycles. The van der Waals surface area contributed by atoms with E-state index in [1.807, 2.05) is 0 Å². The molecular formula is C24H53O2P. The summed E-state index contributed by atoms with van der Waals surface area (Å²) in [4.78, 5) is 22.6. The van der Waals surface area contributed by atoms with Crippen LogP contribution in [0.25, 0.3) is 0 Å². The second-order valence-electron chi connectivity index (χ2n) is 9.08. The van der Waals surface area contributed by atoms with Gasteiger partial charge in [-0.2, -0.15) is 0 Å². The third-order valence-corrected chi connectivity index (χ3v) is 10.1. The van der Waals surface area contributed by atoms with Crippen molar-refractivity contribution in [2.24, 2.45) is 0 Å². The maximum atomic E-state index is 11.3. The van der Waals surface area contributed by atoms with Gasteiger partial charge in [0.1, 0.15) is 0 Å². The third kappa shape index (κ3) is 17.0. The monoisotopic (exact) mass is 404 g/mol. The summed E-state index contributed by atoms with van der Waals surface area (Å²) >= 11 is 0. The van der Waals surface area contributed by atoms with Gasteiger partial charge in [0.15, 0.2) is 0 Å². The molecule has 0 bridgehead atoms. The predicted octanol–water partition coefficient (Wildman–Crippen LogP) is 8.44. The third-order valence-electron chi connectivity index (χ3n) is 6.08. The molecule has 0 amide bonds. The first kappa shape index (κ1) is 27.4. The molecule has 0 rings (SSSR count). The first-order chi connectivity index (χ1) is 13.0. The summed E-state index contributed by atoms with van der Waals surface area (Å²) in [6, 6.07) is 0. The summed E-state index contributed by atoms with van der Waals surface area (Å²) in [6.45, 7) is 6.70. The summed E-state index contributed by atoms with van der Waals surface area (Å²) < 4.78 is 0. The van der Waals surface area contributed by atoms with Gasteiger partial charge in [-0.3, -0.25) is 0 Å². The van der Waals surface area contributed by atoms with Crippen molar-refractivity contribution >= 4 is 7.06 Å². The van der Waals surface area contributed by atoms with E-state index in [2.05, 4.69) is 20.8 Å². The van der Waals surface area contributed by atoms with Gasteiger partial charge in [-0.15, -0.1) is 0 Å². The van der Waals surface area contributed by atoms with E-state index >= 15 is 0 Å². The molecule has 2 N–H and O–H groups in total. The predicted molar refractivity (Wildman–Crippen MR) is 126 cm³/mol. The Bertz CT molecular complexity index is 302. The Morgan fingerprint density at radius 3 is 0.889 bits per heavy atom. The van der Waals surface area contributed by atoms with E-state index < -0.39 is 7.06 Å². The Morgan fingerprint density at radius 1 is 0.370 bits per heavy atom. The molecule has 0 aromatic rings. The molecule has 166 valence electrons. The second-order valence-corrected chi connectivity index (χ2v) is 13.6. The fraction of sp³-hybridized carbons (Fsp3) is 1.00. The van der Waals surface area contributed by atoms with Crippen molar-refractivity contribution in [3.8, 4) is 0 Å². The van der Waals surface area contributed by atoms with Gasteiger partial charge < -0.3 is 0 Å². The zero-order valence-corrected chi connectivity index (χ0v) is 20.1. The number of rotatable bonds is 21. The molecule has 0 radical (unpaired) electrons. The Labute approximate surface area is 172 Å². The Balaban J connectivity index is 4.07. The van der Waals surface area contributed by atoms with Crippen molar-refractivity contribution in [1.82, 2.24) is 0 Å². The fourth-order valence-electron chi connectivity index (χ4n) is 4.11. The molecule has 27 heavy (non-hydrogen) atoms. The van der Waals surface area contributed by atoms with Gasteiger partial charge in [-0.1, -0.05) is 0 Å². The summed E-state index contributed by atoms with van der Waals surface area (Å²) in [6.07, 6.45) is 24.3. The number of unbranched alkanes of at least 4 members (excludes halogenated alkanes) is 15. The van der Waals surface area contributed by atoms with Gasteiger partial charge in [-0.25, -0.2) is 0 Å². The minimum atomic E-state index is -3.42. The minimum absolute atomic E-state index is 0.690. The first-order valence-corrected chi connectivity index (χ1v) is 15.2. The van der Waals surface area contributed by atoms with E-state index in [-0.39, 0.29) is 0 Å². The van der Waals surface area contributed by atoms with Gasteiger partial charge in [0.25, 0.3) is 0 Å². The van der Waals surface area contributed by atoms with Crippen LogP contribution in [0.1, 0.15) is 136 Å². The molecular weight excluding hydrogens is 351 g/mol. The topological polar surface area (TPSA) is 40.5 Å². The van der Waals surface area contributed by atoms with Crippen LogP contribution in [0.3, 0.4) is 0 Å². The SMILES string of the molecule is CCCCCCCCCCCCP(O)(O)(CCCCCC)CCCCCC. The van der Waals surface area contributed by atoms with Gasteiger partial charge in [0.05, 0.1) is 0 Å². The molecule has 0 aliphatic rings. The molecule has 0 aliphatic carbocycles. The van der Waals surface area contributed by atoms with Crippen LogP contribution in [-0.4, -0.2) is 28.3 Å². The summed E-state index contributed by atoms with van der Waals surface area (Å²) in [5.41, 5.74) is 0. The van der Waals surface area contributed by atoms with Crippen LogP contribution in [0, 0.1) is 0 Å². The quantitative estimate of drug-likeness (QED) is 0.149. The molecule has 0 aromatic heterocycles. The van der Waals surface area contributed by atoms with Crippen molar-refractivity contribution in [2.75, 3.05) is 18.5 Å². The Hall–Kier alpha value is 0.350. The number of hydrogen-bond donors (Lipinski definition) is 2. The van der Waals surface area contributed by atoms with E-state index in [1.54, 1.807) is 0 Å². The molecule has 0 saturated carbocycles. The molecule has 0 spiro atoms. The van der Waals surface area contributed by atoms with E-state index in [9.17, 15) is 9.79 Å². The van der Waals surface area contributed by atoms with Crippen molar-refractivity contribution in [2.45, 2.75) is 136 Å². The Morgan fingerprint density at radius 2 is 0.593 bits per heavy atom. The van der Waals surface area contributed by atoms with E-state index in [0.717, 1.165) is 32.1 Å². The normalized spacial score (nSPS) is 13.6. The fourth-order valence-corrected chi connectivity index (χ4v) is 7.64. The molecule has 0 aromatic carbocycles. The van der Waals surface area contributed by atoms with Gasteiger partial charge in [0, 0.05) is 0 Å². The molecule has 0 unspecified atom stereocenters. The molecule has 0 saturated heterocycles. The van der Waals surface area contributed by atoms with Crippen LogP contribution in [0.4, 0.5) is 0 Å². The number of hydrogen-bond acceptors (Lipinski definition) is 2. The summed E-state index contributed by atoms with van der Waals surface area (Å²) in [5.74, 6) is 0. The van der Waals surface area contributed by atoms with Gasteiger partial charge in [-0.05, 0) is 0 Å². The van der Waals surface area contributed by atoms with Crippen molar-refractivity contribution < 1.29 is 9.79 Å². The van der Waals surface area contributed by atoms with Gasteiger partial charge in [0.2, 0.25) is 0 Å². The zero-order valence-electron chi connectivity index (χ0n) is 19.2. The van der Waals surface area contributed by atoms with Crippen molar-refractivity contribution in [1.29, 1.82) is 0 Å².